The second kappa shape index (κ2) is 8.60. The molecule has 0 saturated carbocycles. The molecular weight excluding hydrogens is 374 g/mol. The molecule has 1 N–H and O–H groups in total. The largest absolute Gasteiger partial charge is 0.355 e. The van der Waals surface area contributed by atoms with Crippen LogP contribution in [0.1, 0.15) is 51.5 Å². The predicted molar refractivity (Wildman–Crippen MR) is 112 cm³/mol. The van der Waals surface area contributed by atoms with Crippen LogP contribution < -0.4 is 0 Å². The normalized spacial score (nSPS) is 16.9. The van der Waals surface area contributed by atoms with Gasteiger partial charge >= 0.3 is 0 Å². The SMILES string of the molecule is CC(=O)c1c(C)[nH]c(C(=O)C(C)N2CCN(Cc3cccc(Cl)c3)CC2)c1C. The zero-order valence-electron chi connectivity index (χ0n) is 17.0. The summed E-state index contributed by atoms with van der Waals surface area (Å²) in [6, 6.07) is 7.74. The molecule has 1 aliphatic rings. The molecule has 0 aliphatic carbocycles. The molecular formula is C22H28ClN3O2. The van der Waals surface area contributed by atoms with E-state index in [9.17, 15) is 9.59 Å². The fraction of sp³-hybridized carbons (Fsp3) is 0.455. The lowest BCUT2D eigenvalue weighted by atomic mass is 10.0. The number of nitrogens with one attached hydrogen (secondary N) is 1. The molecule has 3 rings (SSSR count). The summed E-state index contributed by atoms with van der Waals surface area (Å²) in [6.45, 7) is 11.6. The van der Waals surface area contributed by atoms with Crippen molar-refractivity contribution >= 4 is 23.2 Å². The van der Waals surface area contributed by atoms with Crippen molar-refractivity contribution in [2.24, 2.45) is 0 Å². The number of ketones is 2. The van der Waals surface area contributed by atoms with Crippen molar-refractivity contribution in [3.05, 3.63) is 57.4 Å². The smallest absolute Gasteiger partial charge is 0.196 e. The number of carbonyl (C=O) groups excluding carboxylic acids is 2. The summed E-state index contributed by atoms with van der Waals surface area (Å²) < 4.78 is 0. The first-order valence-corrected chi connectivity index (χ1v) is 10.1. The van der Waals surface area contributed by atoms with E-state index < -0.39 is 0 Å². The van der Waals surface area contributed by atoms with Crippen molar-refractivity contribution < 1.29 is 9.59 Å². The standard InChI is InChI=1S/C22H28ClN3O2/c1-14-20(17(4)27)15(2)24-21(14)22(28)16(3)26-10-8-25(9-11-26)13-18-6-5-7-19(23)12-18/h5-7,12,16,24H,8-11,13H2,1-4H3. The van der Waals surface area contributed by atoms with E-state index in [-0.39, 0.29) is 17.6 Å². The van der Waals surface area contributed by atoms with Crippen LogP contribution in [0.4, 0.5) is 0 Å². The maximum atomic E-state index is 13.1. The minimum Gasteiger partial charge on any atom is -0.355 e. The molecule has 5 nitrogen and oxygen atoms in total. The van der Waals surface area contributed by atoms with Crippen LogP contribution in [0.15, 0.2) is 24.3 Å². The summed E-state index contributed by atoms with van der Waals surface area (Å²) in [6.07, 6.45) is 0. The Kier molecular flexibility index (Phi) is 6.38. The average Bonchev–Trinajstić information content (AvgIpc) is 2.95. The summed E-state index contributed by atoms with van der Waals surface area (Å²) in [5.74, 6) is 0.0453. The molecule has 28 heavy (non-hydrogen) atoms. The summed E-state index contributed by atoms with van der Waals surface area (Å²) >= 11 is 6.08. The Morgan fingerprint density at radius 1 is 1.18 bits per heavy atom. The van der Waals surface area contributed by atoms with E-state index >= 15 is 0 Å². The quantitative estimate of drug-likeness (QED) is 0.746. The number of H-pyrrole nitrogens is 1. The van der Waals surface area contributed by atoms with Crippen LogP contribution in [-0.2, 0) is 6.54 Å². The van der Waals surface area contributed by atoms with E-state index in [1.54, 1.807) is 6.92 Å². The number of piperazine rings is 1. The fourth-order valence-corrected chi connectivity index (χ4v) is 4.31. The average molecular weight is 402 g/mol. The third-order valence-electron chi connectivity index (χ3n) is 5.67. The molecule has 0 spiro atoms. The number of carbonyl (C=O) groups is 2. The number of rotatable bonds is 6. The minimum atomic E-state index is -0.218. The van der Waals surface area contributed by atoms with Gasteiger partial charge in [0.1, 0.15) is 0 Å². The van der Waals surface area contributed by atoms with E-state index in [2.05, 4.69) is 20.9 Å². The van der Waals surface area contributed by atoms with E-state index in [0.717, 1.165) is 49.0 Å². The number of aromatic nitrogens is 1. The molecule has 1 aromatic heterocycles. The minimum absolute atomic E-state index is 0.00687. The van der Waals surface area contributed by atoms with Crippen LogP contribution in [0.2, 0.25) is 5.02 Å². The Balaban J connectivity index is 1.62. The summed E-state index contributed by atoms with van der Waals surface area (Å²) in [4.78, 5) is 32.6. The van der Waals surface area contributed by atoms with E-state index in [0.29, 0.717) is 11.3 Å². The molecule has 0 bridgehead atoms. The predicted octanol–water partition coefficient (Wildman–Crippen LogP) is 3.88. The van der Waals surface area contributed by atoms with Crippen molar-refractivity contribution in [1.29, 1.82) is 0 Å². The lowest BCUT2D eigenvalue weighted by Crippen LogP contribution is -2.51. The lowest BCUT2D eigenvalue weighted by molar-refractivity contribution is 0.0683. The van der Waals surface area contributed by atoms with Gasteiger partial charge in [-0.1, -0.05) is 23.7 Å². The number of nitrogens with zero attached hydrogens (tertiary/aromatic N) is 2. The third kappa shape index (κ3) is 4.37. The number of hydrogen-bond acceptors (Lipinski definition) is 4. The van der Waals surface area contributed by atoms with E-state index in [1.807, 2.05) is 39.0 Å². The number of aromatic amines is 1. The van der Waals surface area contributed by atoms with Gasteiger partial charge in [-0.05, 0) is 51.0 Å². The number of aryl methyl sites for hydroxylation is 1. The summed E-state index contributed by atoms with van der Waals surface area (Å²) in [7, 11) is 0. The molecule has 1 saturated heterocycles. The van der Waals surface area contributed by atoms with E-state index in [1.165, 1.54) is 5.56 Å². The second-order valence-corrected chi connectivity index (χ2v) is 8.10. The molecule has 2 heterocycles. The first-order valence-electron chi connectivity index (χ1n) is 9.73. The van der Waals surface area contributed by atoms with E-state index in [4.69, 9.17) is 11.6 Å². The van der Waals surface area contributed by atoms with Gasteiger partial charge in [0.15, 0.2) is 11.6 Å². The fourth-order valence-electron chi connectivity index (χ4n) is 4.10. The molecule has 1 unspecified atom stereocenters. The highest BCUT2D eigenvalue weighted by Gasteiger charge is 2.29. The van der Waals surface area contributed by atoms with Crippen LogP contribution in [0.3, 0.4) is 0 Å². The van der Waals surface area contributed by atoms with Gasteiger partial charge in [0, 0.05) is 49.0 Å². The van der Waals surface area contributed by atoms with Gasteiger partial charge in [0.2, 0.25) is 0 Å². The van der Waals surface area contributed by atoms with Crippen molar-refractivity contribution in [2.45, 2.75) is 40.3 Å². The first kappa shape index (κ1) is 20.8. The Morgan fingerprint density at radius 3 is 2.43 bits per heavy atom. The Labute approximate surface area is 171 Å². The highest BCUT2D eigenvalue weighted by molar-refractivity contribution is 6.30. The number of hydrogen-bond donors (Lipinski definition) is 1. The number of halogens is 1. The van der Waals surface area contributed by atoms with Gasteiger partial charge in [0.25, 0.3) is 0 Å². The van der Waals surface area contributed by atoms with Crippen LogP contribution in [-0.4, -0.2) is 58.6 Å². The van der Waals surface area contributed by atoms with Gasteiger partial charge < -0.3 is 4.98 Å². The van der Waals surface area contributed by atoms with Gasteiger partial charge in [-0.15, -0.1) is 0 Å². The van der Waals surface area contributed by atoms with Crippen LogP contribution in [0.25, 0.3) is 0 Å². The molecule has 0 amide bonds. The Bertz CT molecular complexity index is 882. The summed E-state index contributed by atoms with van der Waals surface area (Å²) in [5, 5.41) is 0.761. The topological polar surface area (TPSA) is 56.4 Å². The molecule has 1 fully saturated rings. The maximum Gasteiger partial charge on any atom is 0.196 e. The Hall–Kier alpha value is -1.95. The zero-order chi connectivity index (χ0) is 20.4. The Morgan fingerprint density at radius 2 is 1.86 bits per heavy atom. The van der Waals surface area contributed by atoms with Crippen molar-refractivity contribution in [1.82, 2.24) is 14.8 Å². The van der Waals surface area contributed by atoms with Crippen molar-refractivity contribution in [3.8, 4) is 0 Å². The monoisotopic (exact) mass is 401 g/mol. The van der Waals surface area contributed by atoms with Gasteiger partial charge in [-0.2, -0.15) is 0 Å². The zero-order valence-corrected chi connectivity index (χ0v) is 17.8. The molecule has 2 aromatic rings. The first-order chi connectivity index (χ1) is 13.3. The van der Waals surface area contributed by atoms with Gasteiger partial charge in [0.05, 0.1) is 11.7 Å². The maximum absolute atomic E-state index is 13.1. The van der Waals surface area contributed by atoms with Crippen molar-refractivity contribution in [3.63, 3.8) is 0 Å². The summed E-state index contributed by atoms with van der Waals surface area (Å²) in [5.41, 5.74) is 3.95. The molecule has 6 heteroatoms. The highest BCUT2D eigenvalue weighted by Crippen LogP contribution is 2.22. The van der Waals surface area contributed by atoms with Crippen molar-refractivity contribution in [2.75, 3.05) is 26.2 Å². The van der Waals surface area contributed by atoms with Crippen LogP contribution >= 0.6 is 11.6 Å². The number of benzene rings is 1. The number of Topliss-reactive ketones (excluding diaryl/α,β-unsaturated/α-hetero) is 2. The highest BCUT2D eigenvalue weighted by atomic mass is 35.5. The molecule has 1 aliphatic heterocycles. The molecule has 150 valence electrons. The second-order valence-electron chi connectivity index (χ2n) is 7.66. The van der Waals surface area contributed by atoms with Crippen LogP contribution in [0, 0.1) is 13.8 Å². The molecule has 1 atom stereocenters. The van der Waals surface area contributed by atoms with Gasteiger partial charge in [-0.3, -0.25) is 19.4 Å². The molecule has 0 radical (unpaired) electrons. The van der Waals surface area contributed by atoms with Gasteiger partial charge in [-0.25, -0.2) is 0 Å². The molecule has 1 aromatic carbocycles. The van der Waals surface area contributed by atoms with Crippen LogP contribution in [0.5, 0.6) is 0 Å². The third-order valence-corrected chi connectivity index (χ3v) is 5.90. The lowest BCUT2D eigenvalue weighted by Gasteiger charge is -2.37.